The summed E-state index contributed by atoms with van der Waals surface area (Å²) in [5, 5.41) is 10.7. The maximum Gasteiger partial charge on any atom is 0.0766 e. The van der Waals surface area contributed by atoms with Gasteiger partial charge in [-0.05, 0) is 30.7 Å². The number of fused-ring (bicyclic) bond motifs is 1. The largest absolute Gasteiger partial charge is 0.394 e. The molecule has 1 aliphatic heterocycles. The van der Waals surface area contributed by atoms with Gasteiger partial charge in [0.25, 0.3) is 0 Å². The normalized spacial score (nSPS) is 22.6. The number of anilines is 1. The lowest BCUT2D eigenvalue weighted by atomic mass is 10.1. The molecule has 0 bridgehead atoms. The Labute approximate surface area is 126 Å². The van der Waals surface area contributed by atoms with Gasteiger partial charge in [-0.25, -0.2) is 0 Å². The van der Waals surface area contributed by atoms with E-state index >= 15 is 0 Å². The van der Waals surface area contributed by atoms with Gasteiger partial charge >= 0.3 is 0 Å². The van der Waals surface area contributed by atoms with Crippen LogP contribution in [0.15, 0.2) is 34.9 Å². The number of halogens is 1. The van der Waals surface area contributed by atoms with Crippen molar-refractivity contribution in [3.05, 3.63) is 34.9 Å². The molecule has 1 fully saturated rings. The quantitative estimate of drug-likeness (QED) is 0.935. The zero-order valence-electron chi connectivity index (χ0n) is 11.3. The first-order valence-electron chi connectivity index (χ1n) is 6.67. The molecule has 106 valence electrons. The topological polar surface area (TPSA) is 45.6 Å². The highest BCUT2D eigenvalue weighted by Crippen LogP contribution is 2.33. The lowest BCUT2D eigenvalue weighted by Crippen LogP contribution is -2.32. The number of pyridine rings is 1. The van der Waals surface area contributed by atoms with Crippen LogP contribution in [0, 0.1) is 0 Å². The first kappa shape index (κ1) is 13.8. The first-order chi connectivity index (χ1) is 9.72. The predicted molar refractivity (Wildman–Crippen MR) is 83.1 cm³/mol. The van der Waals surface area contributed by atoms with E-state index in [4.69, 9.17) is 4.74 Å². The number of hydrogen-bond donors (Lipinski definition) is 1. The Bertz CT molecular complexity index is 620. The molecule has 0 unspecified atom stereocenters. The van der Waals surface area contributed by atoms with Gasteiger partial charge in [0.1, 0.15) is 0 Å². The van der Waals surface area contributed by atoms with Crippen LogP contribution in [0.2, 0.25) is 0 Å². The Morgan fingerprint density at radius 1 is 1.45 bits per heavy atom. The van der Waals surface area contributed by atoms with Gasteiger partial charge in [0.2, 0.25) is 0 Å². The number of nitrogens with zero attached hydrogens (tertiary/aromatic N) is 2. The fourth-order valence-corrected chi connectivity index (χ4v) is 3.22. The van der Waals surface area contributed by atoms with Gasteiger partial charge in [-0.3, -0.25) is 4.98 Å². The van der Waals surface area contributed by atoms with E-state index in [1.165, 1.54) is 0 Å². The van der Waals surface area contributed by atoms with Crippen LogP contribution in [0.25, 0.3) is 10.9 Å². The molecule has 1 aromatic heterocycles. The molecular weight excluding hydrogens is 320 g/mol. The van der Waals surface area contributed by atoms with Crippen molar-refractivity contribution in [1.82, 2.24) is 4.98 Å². The van der Waals surface area contributed by atoms with Crippen molar-refractivity contribution in [3.8, 4) is 0 Å². The molecule has 20 heavy (non-hydrogen) atoms. The van der Waals surface area contributed by atoms with E-state index in [0.29, 0.717) is 0 Å². The molecule has 2 aromatic rings. The minimum absolute atomic E-state index is 0.106. The third-order valence-corrected chi connectivity index (χ3v) is 4.40. The fourth-order valence-electron chi connectivity index (χ4n) is 2.87. The summed E-state index contributed by atoms with van der Waals surface area (Å²) in [4.78, 5) is 6.64. The van der Waals surface area contributed by atoms with Gasteiger partial charge in [-0.2, -0.15) is 0 Å². The van der Waals surface area contributed by atoms with Crippen LogP contribution in [0.4, 0.5) is 5.69 Å². The number of rotatable bonds is 3. The summed E-state index contributed by atoms with van der Waals surface area (Å²) in [5.74, 6) is 0. The zero-order valence-corrected chi connectivity index (χ0v) is 12.9. The molecule has 2 heterocycles. The van der Waals surface area contributed by atoms with Crippen molar-refractivity contribution in [2.24, 2.45) is 0 Å². The van der Waals surface area contributed by atoms with Crippen molar-refractivity contribution < 1.29 is 9.84 Å². The summed E-state index contributed by atoms with van der Waals surface area (Å²) in [5.41, 5.74) is 2.07. The lowest BCUT2D eigenvalue weighted by molar-refractivity contribution is 0.115. The highest BCUT2D eigenvalue weighted by Gasteiger charge is 2.32. The number of aliphatic hydroxyl groups excluding tert-OH is 1. The number of aromatic nitrogens is 1. The molecule has 5 heteroatoms. The zero-order chi connectivity index (χ0) is 14.1. The minimum Gasteiger partial charge on any atom is -0.394 e. The van der Waals surface area contributed by atoms with E-state index in [-0.39, 0.29) is 18.8 Å². The van der Waals surface area contributed by atoms with E-state index in [1.807, 2.05) is 24.4 Å². The van der Waals surface area contributed by atoms with Crippen molar-refractivity contribution in [2.45, 2.75) is 18.6 Å². The Hall–Kier alpha value is -1.17. The standard InChI is InChI=1S/C15H17BrN2O2/c1-20-12-7-11(9-19)18(8-12)15-4-5-17-14-6-10(16)2-3-13(14)15/h2-6,11-12,19H,7-9H2,1H3/t11-,12-/m0/s1. The van der Waals surface area contributed by atoms with Gasteiger partial charge in [0, 0.05) is 35.4 Å². The highest BCUT2D eigenvalue weighted by atomic mass is 79.9. The Kier molecular flexibility index (Phi) is 3.92. The maximum atomic E-state index is 9.61. The van der Waals surface area contributed by atoms with Crippen LogP contribution in [0.5, 0.6) is 0 Å². The van der Waals surface area contributed by atoms with Gasteiger partial charge < -0.3 is 14.7 Å². The number of hydrogen-bond acceptors (Lipinski definition) is 4. The van der Waals surface area contributed by atoms with Gasteiger partial charge in [-0.15, -0.1) is 0 Å². The van der Waals surface area contributed by atoms with Gasteiger partial charge in [-0.1, -0.05) is 15.9 Å². The third-order valence-electron chi connectivity index (χ3n) is 3.91. The van der Waals surface area contributed by atoms with Crippen LogP contribution in [0.3, 0.4) is 0 Å². The van der Waals surface area contributed by atoms with Crippen molar-refractivity contribution in [1.29, 1.82) is 0 Å². The minimum atomic E-state index is 0.106. The molecule has 1 saturated heterocycles. The van der Waals surface area contributed by atoms with Crippen molar-refractivity contribution in [3.63, 3.8) is 0 Å². The molecule has 1 aliphatic rings. The molecule has 2 atom stereocenters. The Balaban J connectivity index is 2.05. The second-order valence-corrected chi connectivity index (χ2v) is 5.99. The average molecular weight is 337 g/mol. The van der Waals surface area contributed by atoms with E-state index in [9.17, 15) is 5.11 Å². The van der Waals surface area contributed by atoms with Gasteiger partial charge in [0.05, 0.1) is 24.3 Å². The smallest absolute Gasteiger partial charge is 0.0766 e. The molecule has 1 aromatic carbocycles. The predicted octanol–water partition coefficient (Wildman–Crippen LogP) is 2.58. The molecule has 0 amide bonds. The number of aliphatic hydroxyl groups is 1. The maximum absolute atomic E-state index is 9.61. The fraction of sp³-hybridized carbons (Fsp3) is 0.400. The molecule has 4 nitrogen and oxygen atoms in total. The SMILES string of the molecule is CO[C@H]1C[C@@H](CO)N(c2ccnc3cc(Br)ccc23)C1. The lowest BCUT2D eigenvalue weighted by Gasteiger charge is -2.26. The summed E-state index contributed by atoms with van der Waals surface area (Å²) in [6.45, 7) is 0.942. The van der Waals surface area contributed by atoms with Crippen LogP contribution < -0.4 is 4.90 Å². The van der Waals surface area contributed by atoms with E-state index in [2.05, 4.69) is 31.9 Å². The van der Waals surface area contributed by atoms with Crippen molar-refractivity contribution in [2.75, 3.05) is 25.2 Å². The van der Waals surface area contributed by atoms with E-state index < -0.39 is 0 Å². The number of ether oxygens (including phenoxy) is 1. The molecule has 0 aliphatic carbocycles. The number of benzene rings is 1. The Morgan fingerprint density at radius 3 is 3.05 bits per heavy atom. The molecule has 0 spiro atoms. The Morgan fingerprint density at radius 2 is 2.30 bits per heavy atom. The third kappa shape index (κ3) is 2.41. The number of methoxy groups -OCH3 is 1. The van der Waals surface area contributed by atoms with Crippen LogP contribution in [-0.2, 0) is 4.74 Å². The van der Waals surface area contributed by atoms with E-state index in [1.54, 1.807) is 7.11 Å². The summed E-state index contributed by atoms with van der Waals surface area (Å²) < 4.78 is 6.47. The molecular formula is C15H17BrN2O2. The van der Waals surface area contributed by atoms with Crippen LogP contribution in [0.1, 0.15) is 6.42 Å². The van der Waals surface area contributed by atoms with E-state index in [0.717, 1.165) is 34.0 Å². The average Bonchev–Trinajstić information content (AvgIpc) is 2.89. The van der Waals surface area contributed by atoms with Crippen molar-refractivity contribution >= 4 is 32.5 Å². The molecule has 0 saturated carbocycles. The summed E-state index contributed by atoms with van der Waals surface area (Å²) in [6, 6.07) is 8.21. The van der Waals surface area contributed by atoms with Crippen LogP contribution in [-0.4, -0.2) is 42.5 Å². The molecule has 1 N–H and O–H groups in total. The second kappa shape index (κ2) is 5.68. The van der Waals surface area contributed by atoms with Crippen LogP contribution >= 0.6 is 15.9 Å². The highest BCUT2D eigenvalue weighted by molar-refractivity contribution is 9.10. The summed E-state index contributed by atoms with van der Waals surface area (Å²) in [7, 11) is 1.73. The first-order valence-corrected chi connectivity index (χ1v) is 7.47. The summed E-state index contributed by atoms with van der Waals surface area (Å²) in [6.07, 6.45) is 2.84. The second-order valence-electron chi connectivity index (χ2n) is 5.07. The monoisotopic (exact) mass is 336 g/mol. The van der Waals surface area contributed by atoms with Gasteiger partial charge in [0.15, 0.2) is 0 Å². The molecule has 0 radical (unpaired) electrons. The summed E-state index contributed by atoms with van der Waals surface area (Å²) >= 11 is 3.47. The molecule has 3 rings (SSSR count).